The average molecular weight is 439 g/mol. The van der Waals surface area contributed by atoms with Crippen LogP contribution in [0.4, 0.5) is 4.79 Å². The van der Waals surface area contributed by atoms with Crippen molar-refractivity contribution in [1.29, 1.82) is 0 Å². The number of nitrogens with one attached hydrogen (secondary N) is 1. The van der Waals surface area contributed by atoms with Crippen LogP contribution in [0.15, 0.2) is 42.2 Å². The van der Waals surface area contributed by atoms with Gasteiger partial charge < -0.3 is 20.7 Å². The molecule has 1 aromatic carbocycles. The van der Waals surface area contributed by atoms with Gasteiger partial charge in [0.15, 0.2) is 0 Å². The van der Waals surface area contributed by atoms with Gasteiger partial charge in [0.2, 0.25) is 0 Å². The summed E-state index contributed by atoms with van der Waals surface area (Å²) in [4.78, 5) is 19.5. The molecular weight excluding hydrogens is 408 g/mol. The second-order valence-electron chi connectivity index (χ2n) is 8.55. The molecule has 2 aromatic rings. The lowest BCUT2D eigenvalue weighted by molar-refractivity contribution is 0.0295. The van der Waals surface area contributed by atoms with Crippen LogP contribution < -0.4 is 11.1 Å². The van der Waals surface area contributed by atoms with E-state index >= 15 is 0 Å². The molecule has 0 saturated heterocycles. The fourth-order valence-corrected chi connectivity index (χ4v) is 5.14. The van der Waals surface area contributed by atoms with E-state index in [2.05, 4.69) is 34.6 Å². The minimum atomic E-state index is -0.0603. The molecule has 7 heteroatoms. The number of fused-ring (bicyclic) bond motifs is 1. The second-order valence-corrected chi connectivity index (χ2v) is 9.58. The zero-order valence-corrected chi connectivity index (χ0v) is 19.3. The van der Waals surface area contributed by atoms with Gasteiger partial charge in [-0.25, -0.2) is 9.78 Å². The Balaban J connectivity index is 1.55. The van der Waals surface area contributed by atoms with Crippen molar-refractivity contribution >= 4 is 22.9 Å². The molecular formula is C24H30N4O2S. The SMILES string of the molecule is CC(C)OC1CC=C(c2ncc(-c3cccc4c3CC[C@H]4NC(=O)N(C)C)s2)C=C1N. The Bertz CT molecular complexity index is 1040. The number of ether oxygens (including phenoxy) is 1. The van der Waals surface area contributed by atoms with E-state index in [0.717, 1.165) is 40.4 Å². The molecule has 2 aliphatic rings. The van der Waals surface area contributed by atoms with Gasteiger partial charge in [0.05, 0.1) is 17.0 Å². The van der Waals surface area contributed by atoms with Gasteiger partial charge in [-0.15, -0.1) is 11.3 Å². The maximum atomic E-state index is 12.1. The fraction of sp³-hybridized carbons (Fsp3) is 0.417. The molecule has 0 fully saturated rings. The first-order chi connectivity index (χ1) is 14.8. The Labute approximate surface area is 187 Å². The maximum absolute atomic E-state index is 12.1. The van der Waals surface area contributed by atoms with Gasteiger partial charge in [0, 0.05) is 31.6 Å². The Hall–Kier alpha value is -2.64. The third-order valence-electron chi connectivity index (χ3n) is 5.67. The van der Waals surface area contributed by atoms with Crippen LogP contribution in [0.1, 0.15) is 48.9 Å². The van der Waals surface area contributed by atoms with Gasteiger partial charge in [0.25, 0.3) is 0 Å². The largest absolute Gasteiger partial charge is 0.400 e. The number of hydrogen-bond acceptors (Lipinski definition) is 5. The highest BCUT2D eigenvalue weighted by Gasteiger charge is 2.27. The van der Waals surface area contributed by atoms with Gasteiger partial charge >= 0.3 is 6.03 Å². The first-order valence-electron chi connectivity index (χ1n) is 10.7. The summed E-state index contributed by atoms with van der Waals surface area (Å²) in [5, 5.41) is 4.09. The topological polar surface area (TPSA) is 80.5 Å². The van der Waals surface area contributed by atoms with Crippen molar-refractivity contribution < 1.29 is 9.53 Å². The molecule has 0 spiro atoms. The van der Waals surface area contributed by atoms with Gasteiger partial charge in [-0.3, -0.25) is 0 Å². The van der Waals surface area contributed by atoms with Crippen molar-refractivity contribution in [2.75, 3.05) is 14.1 Å². The van der Waals surface area contributed by atoms with Crippen molar-refractivity contribution in [3.8, 4) is 10.4 Å². The first-order valence-corrected chi connectivity index (χ1v) is 11.5. The molecule has 1 aromatic heterocycles. The molecule has 31 heavy (non-hydrogen) atoms. The van der Waals surface area contributed by atoms with Gasteiger partial charge in [-0.1, -0.05) is 24.3 Å². The van der Waals surface area contributed by atoms with Crippen molar-refractivity contribution in [2.24, 2.45) is 5.73 Å². The number of amides is 2. The number of rotatable bonds is 5. The molecule has 164 valence electrons. The molecule has 2 atom stereocenters. The number of allylic oxidation sites excluding steroid dienone is 2. The molecule has 1 heterocycles. The zero-order valence-electron chi connectivity index (χ0n) is 18.5. The number of hydrogen-bond donors (Lipinski definition) is 2. The number of nitrogens with zero attached hydrogens (tertiary/aromatic N) is 2. The highest BCUT2D eigenvalue weighted by molar-refractivity contribution is 7.16. The van der Waals surface area contributed by atoms with E-state index in [1.54, 1.807) is 30.3 Å². The summed E-state index contributed by atoms with van der Waals surface area (Å²) in [6.45, 7) is 4.04. The molecule has 0 aliphatic heterocycles. The molecule has 2 aliphatic carbocycles. The first kappa shape index (κ1) is 21.6. The van der Waals surface area contributed by atoms with E-state index < -0.39 is 0 Å². The summed E-state index contributed by atoms with van der Waals surface area (Å²) in [6, 6.07) is 6.34. The third-order valence-corrected chi connectivity index (χ3v) is 6.75. The Morgan fingerprint density at radius 2 is 2.16 bits per heavy atom. The number of carbonyl (C=O) groups is 1. The fourth-order valence-electron chi connectivity index (χ4n) is 4.16. The van der Waals surface area contributed by atoms with Crippen LogP contribution in [-0.4, -0.2) is 42.2 Å². The van der Waals surface area contributed by atoms with E-state index in [1.807, 2.05) is 26.1 Å². The summed E-state index contributed by atoms with van der Waals surface area (Å²) in [5.74, 6) is 0. The summed E-state index contributed by atoms with van der Waals surface area (Å²) in [7, 11) is 3.53. The van der Waals surface area contributed by atoms with Gasteiger partial charge in [0.1, 0.15) is 11.1 Å². The quantitative estimate of drug-likeness (QED) is 0.721. The molecule has 2 amide bonds. The lowest BCUT2D eigenvalue weighted by Crippen LogP contribution is -2.36. The minimum Gasteiger partial charge on any atom is -0.400 e. The van der Waals surface area contributed by atoms with Crippen LogP contribution in [0.5, 0.6) is 0 Å². The smallest absolute Gasteiger partial charge is 0.317 e. The predicted molar refractivity (Wildman–Crippen MR) is 126 cm³/mol. The summed E-state index contributed by atoms with van der Waals surface area (Å²) in [6.07, 6.45) is 8.80. The summed E-state index contributed by atoms with van der Waals surface area (Å²) < 4.78 is 5.88. The number of nitrogens with two attached hydrogens (primary N) is 1. The zero-order chi connectivity index (χ0) is 22.1. The Morgan fingerprint density at radius 1 is 1.35 bits per heavy atom. The second kappa shape index (κ2) is 8.85. The number of thiazole rings is 1. The highest BCUT2D eigenvalue weighted by atomic mass is 32.1. The van der Waals surface area contributed by atoms with Crippen molar-refractivity contribution in [2.45, 2.75) is 51.4 Å². The number of aromatic nitrogens is 1. The van der Waals surface area contributed by atoms with E-state index in [4.69, 9.17) is 10.5 Å². The van der Waals surface area contributed by atoms with Crippen molar-refractivity contribution in [3.63, 3.8) is 0 Å². The van der Waals surface area contributed by atoms with E-state index in [0.29, 0.717) is 0 Å². The predicted octanol–water partition coefficient (Wildman–Crippen LogP) is 4.49. The maximum Gasteiger partial charge on any atom is 0.317 e. The normalized spacial score (nSPS) is 20.3. The monoisotopic (exact) mass is 438 g/mol. The van der Waals surface area contributed by atoms with Gasteiger partial charge in [-0.2, -0.15) is 0 Å². The van der Waals surface area contributed by atoms with Gasteiger partial charge in [-0.05, 0) is 55.9 Å². The van der Waals surface area contributed by atoms with Crippen LogP contribution in [0.25, 0.3) is 16.0 Å². The minimum absolute atomic E-state index is 0.0546. The molecule has 1 unspecified atom stereocenters. The summed E-state index contributed by atoms with van der Waals surface area (Å²) in [5.41, 5.74) is 11.8. The van der Waals surface area contributed by atoms with Crippen LogP contribution in [0.3, 0.4) is 0 Å². The summed E-state index contributed by atoms with van der Waals surface area (Å²) >= 11 is 1.68. The Kier molecular flexibility index (Phi) is 6.16. The number of benzene rings is 1. The van der Waals surface area contributed by atoms with Crippen molar-refractivity contribution in [3.05, 3.63) is 58.4 Å². The van der Waals surface area contributed by atoms with Crippen LogP contribution in [0.2, 0.25) is 0 Å². The lowest BCUT2D eigenvalue weighted by Gasteiger charge is -2.23. The molecule has 0 radical (unpaired) electrons. The number of urea groups is 1. The van der Waals surface area contributed by atoms with Crippen molar-refractivity contribution in [1.82, 2.24) is 15.2 Å². The van der Waals surface area contributed by atoms with Crippen LogP contribution in [-0.2, 0) is 11.2 Å². The van der Waals surface area contributed by atoms with Crippen LogP contribution >= 0.6 is 11.3 Å². The number of carbonyl (C=O) groups excluding carboxylic acids is 1. The molecule has 6 nitrogen and oxygen atoms in total. The van der Waals surface area contributed by atoms with Crippen LogP contribution in [0, 0.1) is 0 Å². The highest BCUT2D eigenvalue weighted by Crippen LogP contribution is 2.40. The third kappa shape index (κ3) is 4.52. The lowest BCUT2D eigenvalue weighted by atomic mass is 10.0. The molecule has 0 saturated carbocycles. The van der Waals surface area contributed by atoms with E-state index in [1.165, 1.54) is 16.7 Å². The molecule has 0 bridgehead atoms. The molecule has 3 N–H and O–H groups in total. The standard InChI is InChI=1S/C24H30N4O2S/c1-14(2)30-21-11-8-15(12-19(21)25)23-26-13-22(31-23)18-7-5-6-17-16(18)9-10-20(17)27-24(29)28(3)4/h5-8,12-14,20-21H,9-11,25H2,1-4H3,(H,27,29)/t20-,21?/m1/s1. The molecule has 4 rings (SSSR count). The van der Waals surface area contributed by atoms with E-state index in [9.17, 15) is 4.79 Å². The van der Waals surface area contributed by atoms with E-state index in [-0.39, 0.29) is 24.3 Å². The average Bonchev–Trinajstić information content (AvgIpc) is 3.37. The Morgan fingerprint density at radius 3 is 2.87 bits per heavy atom.